The molecule has 1 unspecified atom stereocenters. The Morgan fingerprint density at radius 3 is 2.87 bits per heavy atom. The number of nitrogens with zero attached hydrogens (tertiary/aromatic N) is 2. The highest BCUT2D eigenvalue weighted by molar-refractivity contribution is 5.03. The lowest BCUT2D eigenvalue weighted by Gasteiger charge is -2.07. The molecule has 0 bridgehead atoms. The molecular weight excluding hydrogens is 209 g/mol. The zero-order valence-corrected chi connectivity index (χ0v) is 8.00. The number of ether oxygens (including phenoxy) is 1. The molecule has 0 aromatic carbocycles. The van der Waals surface area contributed by atoms with E-state index in [0.29, 0.717) is 19.8 Å². The molecule has 0 aliphatic carbocycles. The second-order valence-corrected chi connectivity index (χ2v) is 3.65. The Kier molecular flexibility index (Phi) is 2.68. The average molecular weight is 220 g/mol. The van der Waals surface area contributed by atoms with E-state index in [1.54, 1.807) is 0 Å². The summed E-state index contributed by atoms with van der Waals surface area (Å²) in [7, 11) is 0. The van der Waals surface area contributed by atoms with E-state index in [1.807, 2.05) is 0 Å². The van der Waals surface area contributed by atoms with Gasteiger partial charge in [0.05, 0.1) is 6.61 Å². The third kappa shape index (κ3) is 2.50. The van der Waals surface area contributed by atoms with Crippen LogP contribution in [0.5, 0.6) is 0 Å². The molecule has 0 N–H and O–H groups in total. The van der Waals surface area contributed by atoms with Crippen LogP contribution in [0.25, 0.3) is 0 Å². The van der Waals surface area contributed by atoms with E-state index in [1.165, 1.54) is 10.9 Å². The molecular formula is C9H11F3N2O. The lowest BCUT2D eigenvalue weighted by molar-refractivity contribution is -0.141. The third-order valence-corrected chi connectivity index (χ3v) is 2.40. The molecule has 1 aromatic heterocycles. The monoisotopic (exact) mass is 220 g/mol. The quantitative estimate of drug-likeness (QED) is 0.761. The standard InChI is InChI=1S/C9H11F3N2O/c10-9(11,12)8-1-3-14(13-8)5-7-2-4-15-6-7/h1,3,7H,2,4-6H2. The van der Waals surface area contributed by atoms with E-state index >= 15 is 0 Å². The van der Waals surface area contributed by atoms with Gasteiger partial charge in [-0.1, -0.05) is 0 Å². The minimum atomic E-state index is -4.35. The molecule has 0 radical (unpaired) electrons. The fourth-order valence-electron chi connectivity index (χ4n) is 1.61. The first-order valence-electron chi connectivity index (χ1n) is 4.74. The number of aromatic nitrogens is 2. The van der Waals surface area contributed by atoms with E-state index < -0.39 is 11.9 Å². The van der Waals surface area contributed by atoms with Gasteiger partial charge in [-0.25, -0.2) is 0 Å². The Labute approximate surface area is 84.8 Å². The van der Waals surface area contributed by atoms with Crippen LogP contribution >= 0.6 is 0 Å². The first kappa shape index (κ1) is 10.5. The van der Waals surface area contributed by atoms with E-state index in [9.17, 15) is 13.2 Å². The normalized spacial score (nSPS) is 22.2. The largest absolute Gasteiger partial charge is 0.435 e. The van der Waals surface area contributed by atoms with Crippen molar-refractivity contribution in [3.05, 3.63) is 18.0 Å². The molecule has 6 heteroatoms. The molecule has 1 saturated heterocycles. The molecule has 84 valence electrons. The fourth-order valence-corrected chi connectivity index (χ4v) is 1.61. The molecule has 2 heterocycles. The molecule has 1 aliphatic rings. The maximum atomic E-state index is 12.2. The first-order valence-corrected chi connectivity index (χ1v) is 4.74. The summed E-state index contributed by atoms with van der Waals surface area (Å²) in [6.45, 7) is 1.80. The Morgan fingerprint density at radius 1 is 1.53 bits per heavy atom. The summed E-state index contributed by atoms with van der Waals surface area (Å²) in [5.41, 5.74) is -0.832. The van der Waals surface area contributed by atoms with Gasteiger partial charge in [0.15, 0.2) is 5.69 Å². The highest BCUT2D eigenvalue weighted by Gasteiger charge is 2.33. The molecule has 0 saturated carbocycles. The van der Waals surface area contributed by atoms with Crippen molar-refractivity contribution in [1.82, 2.24) is 9.78 Å². The van der Waals surface area contributed by atoms with Gasteiger partial charge < -0.3 is 4.74 Å². The molecule has 1 aromatic rings. The van der Waals surface area contributed by atoms with Crippen molar-refractivity contribution >= 4 is 0 Å². The van der Waals surface area contributed by atoms with Gasteiger partial charge in [-0.2, -0.15) is 18.3 Å². The minimum absolute atomic E-state index is 0.283. The SMILES string of the molecule is FC(F)(F)c1ccn(CC2CCOC2)n1. The van der Waals surface area contributed by atoms with Gasteiger partial charge in [0.25, 0.3) is 0 Å². The predicted molar refractivity (Wildman–Crippen MR) is 46.2 cm³/mol. The van der Waals surface area contributed by atoms with Gasteiger partial charge in [-0.15, -0.1) is 0 Å². The van der Waals surface area contributed by atoms with Crippen molar-refractivity contribution < 1.29 is 17.9 Å². The summed E-state index contributed by atoms with van der Waals surface area (Å²) >= 11 is 0. The van der Waals surface area contributed by atoms with Crippen molar-refractivity contribution in [2.24, 2.45) is 5.92 Å². The molecule has 1 aliphatic heterocycles. The summed E-state index contributed by atoms with van der Waals surface area (Å²) in [5.74, 6) is 0.283. The molecule has 2 rings (SSSR count). The zero-order valence-electron chi connectivity index (χ0n) is 8.00. The number of halogens is 3. The van der Waals surface area contributed by atoms with E-state index in [0.717, 1.165) is 12.5 Å². The fraction of sp³-hybridized carbons (Fsp3) is 0.667. The zero-order chi connectivity index (χ0) is 10.9. The second kappa shape index (κ2) is 3.84. The highest BCUT2D eigenvalue weighted by Crippen LogP contribution is 2.27. The van der Waals surface area contributed by atoms with E-state index in [4.69, 9.17) is 4.74 Å². The average Bonchev–Trinajstić information content (AvgIpc) is 2.73. The van der Waals surface area contributed by atoms with Crippen molar-refractivity contribution in [2.75, 3.05) is 13.2 Å². The molecule has 0 spiro atoms. The Hall–Kier alpha value is -1.04. The third-order valence-electron chi connectivity index (χ3n) is 2.40. The van der Waals surface area contributed by atoms with Crippen LogP contribution in [-0.2, 0) is 17.5 Å². The summed E-state index contributed by atoms with van der Waals surface area (Å²) < 4.78 is 43.1. The van der Waals surface area contributed by atoms with Gasteiger partial charge in [-0.3, -0.25) is 4.68 Å². The first-order chi connectivity index (χ1) is 7.05. The molecule has 0 amide bonds. The Bertz CT molecular complexity index is 328. The second-order valence-electron chi connectivity index (χ2n) is 3.65. The molecule has 3 nitrogen and oxygen atoms in total. The van der Waals surface area contributed by atoms with Gasteiger partial charge in [-0.05, 0) is 12.5 Å². The van der Waals surface area contributed by atoms with Crippen molar-refractivity contribution in [3.8, 4) is 0 Å². The predicted octanol–water partition coefficient (Wildman–Crippen LogP) is 1.94. The summed E-state index contributed by atoms with van der Waals surface area (Å²) in [5, 5.41) is 3.48. The molecule has 15 heavy (non-hydrogen) atoms. The number of hydrogen-bond donors (Lipinski definition) is 0. The molecule has 1 fully saturated rings. The van der Waals surface area contributed by atoms with Gasteiger partial charge >= 0.3 is 6.18 Å². The molecule has 1 atom stereocenters. The van der Waals surface area contributed by atoms with Crippen LogP contribution in [0.15, 0.2) is 12.3 Å². The maximum absolute atomic E-state index is 12.2. The van der Waals surface area contributed by atoms with Crippen LogP contribution in [0.4, 0.5) is 13.2 Å². The summed E-state index contributed by atoms with van der Waals surface area (Å²) in [6, 6.07) is 0.996. The summed E-state index contributed by atoms with van der Waals surface area (Å²) in [6.07, 6.45) is -2.10. The van der Waals surface area contributed by atoms with Crippen molar-refractivity contribution in [1.29, 1.82) is 0 Å². The lowest BCUT2D eigenvalue weighted by Crippen LogP contribution is -2.13. The summed E-state index contributed by atoms with van der Waals surface area (Å²) in [4.78, 5) is 0. The van der Waals surface area contributed by atoms with Crippen LogP contribution in [0, 0.1) is 5.92 Å². The van der Waals surface area contributed by atoms with E-state index in [-0.39, 0.29) is 5.92 Å². The minimum Gasteiger partial charge on any atom is -0.381 e. The van der Waals surface area contributed by atoms with Gasteiger partial charge in [0.1, 0.15) is 0 Å². The smallest absolute Gasteiger partial charge is 0.381 e. The maximum Gasteiger partial charge on any atom is 0.435 e. The van der Waals surface area contributed by atoms with Crippen LogP contribution in [0.3, 0.4) is 0 Å². The van der Waals surface area contributed by atoms with Crippen molar-refractivity contribution in [2.45, 2.75) is 19.1 Å². The van der Waals surface area contributed by atoms with Crippen molar-refractivity contribution in [3.63, 3.8) is 0 Å². The lowest BCUT2D eigenvalue weighted by atomic mass is 10.1. The Balaban J connectivity index is 2.00. The van der Waals surface area contributed by atoms with E-state index in [2.05, 4.69) is 5.10 Å². The Morgan fingerprint density at radius 2 is 2.33 bits per heavy atom. The van der Waals surface area contributed by atoms with Crippen LogP contribution in [-0.4, -0.2) is 23.0 Å². The van der Waals surface area contributed by atoms with Gasteiger partial charge in [0, 0.05) is 25.3 Å². The highest BCUT2D eigenvalue weighted by atomic mass is 19.4. The number of rotatable bonds is 2. The van der Waals surface area contributed by atoms with Crippen LogP contribution < -0.4 is 0 Å². The number of alkyl halides is 3. The van der Waals surface area contributed by atoms with Gasteiger partial charge in [0.2, 0.25) is 0 Å². The van der Waals surface area contributed by atoms with Crippen LogP contribution in [0.1, 0.15) is 12.1 Å². The van der Waals surface area contributed by atoms with Crippen LogP contribution in [0.2, 0.25) is 0 Å². The topological polar surface area (TPSA) is 27.1 Å². The number of hydrogen-bond acceptors (Lipinski definition) is 2.